The number of sulfonamides is 1. The van der Waals surface area contributed by atoms with Crippen molar-refractivity contribution < 1.29 is 12.8 Å². The van der Waals surface area contributed by atoms with Gasteiger partial charge in [0.25, 0.3) is 15.1 Å². The summed E-state index contributed by atoms with van der Waals surface area (Å²) < 4.78 is 31.9. The molecule has 8 heteroatoms. The average Bonchev–Trinajstić information content (AvgIpc) is 2.74. The first-order chi connectivity index (χ1) is 8.92. The number of hydrogen-bond acceptors (Lipinski definition) is 5. The third-order valence-electron chi connectivity index (χ3n) is 2.32. The number of nitrogens with one attached hydrogen (secondary N) is 1. The SMILES string of the molecule is CCc1cc(NS(=O)(=O)c2occc2Br)nc(C)n1. The molecule has 2 heterocycles. The third kappa shape index (κ3) is 3.13. The van der Waals surface area contributed by atoms with Gasteiger partial charge in [-0.2, -0.15) is 8.42 Å². The molecule has 0 atom stereocenters. The maximum atomic E-state index is 12.1. The van der Waals surface area contributed by atoms with Crippen molar-refractivity contribution in [3.8, 4) is 0 Å². The summed E-state index contributed by atoms with van der Waals surface area (Å²) >= 11 is 3.11. The van der Waals surface area contributed by atoms with E-state index in [0.29, 0.717) is 16.7 Å². The lowest BCUT2D eigenvalue weighted by Crippen LogP contribution is -2.14. The summed E-state index contributed by atoms with van der Waals surface area (Å²) in [6.07, 6.45) is 1.99. The fourth-order valence-electron chi connectivity index (χ4n) is 1.52. The van der Waals surface area contributed by atoms with E-state index in [1.807, 2.05) is 6.92 Å². The van der Waals surface area contributed by atoms with Crippen LogP contribution in [0.4, 0.5) is 5.82 Å². The van der Waals surface area contributed by atoms with Crippen LogP contribution in [0, 0.1) is 6.92 Å². The predicted octanol–water partition coefficient (Wildman–Crippen LogP) is 2.50. The van der Waals surface area contributed by atoms with Gasteiger partial charge in [-0.25, -0.2) is 9.97 Å². The topological polar surface area (TPSA) is 85.1 Å². The van der Waals surface area contributed by atoms with Crippen LogP contribution in [0.25, 0.3) is 0 Å². The number of halogens is 1. The molecular formula is C11H12BrN3O3S. The molecule has 0 spiro atoms. The fraction of sp³-hybridized carbons (Fsp3) is 0.273. The Labute approximate surface area is 119 Å². The Morgan fingerprint density at radius 1 is 1.42 bits per heavy atom. The van der Waals surface area contributed by atoms with Crippen molar-refractivity contribution >= 4 is 31.8 Å². The van der Waals surface area contributed by atoms with E-state index < -0.39 is 10.0 Å². The van der Waals surface area contributed by atoms with Gasteiger partial charge in [0, 0.05) is 11.8 Å². The molecule has 0 aromatic carbocycles. The molecule has 0 bridgehead atoms. The molecule has 0 amide bonds. The zero-order chi connectivity index (χ0) is 14.0. The number of rotatable bonds is 4. The van der Waals surface area contributed by atoms with Gasteiger partial charge in [-0.3, -0.25) is 4.72 Å². The van der Waals surface area contributed by atoms with Crippen LogP contribution in [0.2, 0.25) is 0 Å². The first-order valence-corrected chi connectivity index (χ1v) is 7.80. The first-order valence-electron chi connectivity index (χ1n) is 5.52. The lowest BCUT2D eigenvalue weighted by molar-refractivity contribution is 0.449. The molecule has 19 heavy (non-hydrogen) atoms. The molecule has 102 valence electrons. The molecule has 6 nitrogen and oxygen atoms in total. The first kappa shape index (κ1) is 14.0. The highest BCUT2D eigenvalue weighted by atomic mass is 79.9. The van der Waals surface area contributed by atoms with E-state index in [4.69, 9.17) is 4.42 Å². The highest BCUT2D eigenvalue weighted by Crippen LogP contribution is 2.24. The van der Waals surface area contributed by atoms with E-state index in [0.717, 1.165) is 5.69 Å². The smallest absolute Gasteiger partial charge is 0.297 e. The van der Waals surface area contributed by atoms with Gasteiger partial charge in [0.1, 0.15) is 11.6 Å². The van der Waals surface area contributed by atoms with Crippen LogP contribution in [0.3, 0.4) is 0 Å². The summed E-state index contributed by atoms with van der Waals surface area (Å²) in [5, 5.41) is -0.179. The normalized spacial score (nSPS) is 11.5. The number of nitrogens with zero attached hydrogens (tertiary/aromatic N) is 2. The van der Waals surface area contributed by atoms with Crippen LogP contribution < -0.4 is 4.72 Å². The Bertz CT molecular complexity index is 697. The highest BCUT2D eigenvalue weighted by Gasteiger charge is 2.22. The summed E-state index contributed by atoms with van der Waals surface area (Å²) in [7, 11) is -3.80. The molecule has 0 saturated carbocycles. The minimum Gasteiger partial charge on any atom is -0.450 e. The monoisotopic (exact) mass is 345 g/mol. The summed E-state index contributed by atoms with van der Waals surface area (Å²) in [5.74, 6) is 0.739. The van der Waals surface area contributed by atoms with Crippen molar-refractivity contribution in [2.45, 2.75) is 25.4 Å². The molecule has 0 unspecified atom stereocenters. The van der Waals surface area contributed by atoms with E-state index >= 15 is 0 Å². The zero-order valence-electron chi connectivity index (χ0n) is 10.3. The van der Waals surface area contributed by atoms with E-state index in [-0.39, 0.29) is 10.9 Å². The second kappa shape index (κ2) is 5.30. The van der Waals surface area contributed by atoms with Crippen molar-refractivity contribution in [1.82, 2.24) is 9.97 Å². The van der Waals surface area contributed by atoms with Crippen molar-refractivity contribution in [3.63, 3.8) is 0 Å². The molecule has 0 aliphatic heterocycles. The summed E-state index contributed by atoms with van der Waals surface area (Å²) in [4.78, 5) is 8.23. The Morgan fingerprint density at radius 2 is 2.16 bits per heavy atom. The molecule has 0 saturated heterocycles. The van der Waals surface area contributed by atoms with Gasteiger partial charge in [0.15, 0.2) is 0 Å². The summed E-state index contributed by atoms with van der Waals surface area (Å²) in [5.41, 5.74) is 0.767. The Hall–Kier alpha value is -1.41. The van der Waals surface area contributed by atoms with Crippen LogP contribution in [0.15, 0.2) is 32.4 Å². The van der Waals surface area contributed by atoms with Crippen molar-refractivity contribution in [2.24, 2.45) is 0 Å². The molecule has 0 fully saturated rings. The minimum absolute atomic E-state index is 0.179. The van der Waals surface area contributed by atoms with Gasteiger partial charge in [0.2, 0.25) is 0 Å². The number of furan rings is 1. The summed E-state index contributed by atoms with van der Waals surface area (Å²) in [6, 6.07) is 3.11. The molecule has 0 aliphatic carbocycles. The fourth-order valence-corrected chi connectivity index (χ4v) is 3.34. The Kier molecular flexibility index (Phi) is 3.91. The zero-order valence-corrected chi connectivity index (χ0v) is 12.7. The van der Waals surface area contributed by atoms with Crippen LogP contribution >= 0.6 is 15.9 Å². The second-order valence-corrected chi connectivity index (χ2v) is 6.24. The molecule has 2 aromatic rings. The number of aromatic nitrogens is 2. The van der Waals surface area contributed by atoms with Crippen LogP contribution in [0.1, 0.15) is 18.4 Å². The maximum Gasteiger partial charge on any atom is 0.297 e. The third-order valence-corrected chi connectivity index (χ3v) is 4.49. The highest BCUT2D eigenvalue weighted by molar-refractivity contribution is 9.10. The van der Waals surface area contributed by atoms with E-state index in [2.05, 4.69) is 30.6 Å². The second-order valence-electron chi connectivity index (χ2n) is 3.81. The van der Waals surface area contributed by atoms with Gasteiger partial charge < -0.3 is 4.42 Å². The van der Waals surface area contributed by atoms with Crippen LogP contribution in [-0.2, 0) is 16.4 Å². The van der Waals surface area contributed by atoms with Gasteiger partial charge in [-0.05, 0) is 35.3 Å². The minimum atomic E-state index is -3.80. The molecule has 0 radical (unpaired) electrons. The maximum absolute atomic E-state index is 12.1. The molecule has 0 aliphatic rings. The Balaban J connectivity index is 2.36. The molecular weight excluding hydrogens is 334 g/mol. The van der Waals surface area contributed by atoms with Crippen molar-refractivity contribution in [3.05, 3.63) is 34.4 Å². The predicted molar refractivity (Wildman–Crippen MR) is 73.4 cm³/mol. The van der Waals surface area contributed by atoms with Crippen molar-refractivity contribution in [2.75, 3.05) is 4.72 Å². The quantitative estimate of drug-likeness (QED) is 0.919. The standard InChI is InChI=1S/C11H12BrN3O3S/c1-3-8-6-10(14-7(2)13-8)15-19(16,17)11-9(12)4-5-18-11/h4-6H,3H2,1-2H3,(H,13,14,15). The number of anilines is 1. The molecule has 1 N–H and O–H groups in total. The van der Waals surface area contributed by atoms with Gasteiger partial charge >= 0.3 is 0 Å². The largest absolute Gasteiger partial charge is 0.450 e. The van der Waals surface area contributed by atoms with E-state index in [1.165, 1.54) is 12.3 Å². The number of hydrogen-bond donors (Lipinski definition) is 1. The van der Waals surface area contributed by atoms with Gasteiger partial charge in [-0.15, -0.1) is 0 Å². The molecule has 2 aromatic heterocycles. The average molecular weight is 346 g/mol. The van der Waals surface area contributed by atoms with Gasteiger partial charge in [0.05, 0.1) is 10.7 Å². The summed E-state index contributed by atoms with van der Waals surface area (Å²) in [6.45, 7) is 3.64. The Morgan fingerprint density at radius 3 is 2.74 bits per heavy atom. The molecule has 2 rings (SSSR count). The van der Waals surface area contributed by atoms with E-state index in [1.54, 1.807) is 13.0 Å². The lowest BCUT2D eigenvalue weighted by atomic mass is 10.3. The van der Waals surface area contributed by atoms with Crippen LogP contribution in [-0.4, -0.2) is 18.4 Å². The van der Waals surface area contributed by atoms with E-state index in [9.17, 15) is 8.42 Å². The van der Waals surface area contributed by atoms with Gasteiger partial charge in [-0.1, -0.05) is 6.92 Å². The van der Waals surface area contributed by atoms with Crippen LogP contribution in [0.5, 0.6) is 0 Å². The lowest BCUT2D eigenvalue weighted by Gasteiger charge is -2.07. The van der Waals surface area contributed by atoms with Crippen molar-refractivity contribution in [1.29, 1.82) is 0 Å². The number of aryl methyl sites for hydroxylation is 2.